The molecule has 7 N–H and O–H groups in total. The lowest BCUT2D eigenvalue weighted by molar-refractivity contribution is -0.131. The standard InChI is InChI=1S/C7H14N2.C5H10N2O2.C3H4O2.CH6N2.2CH4.H2/c1-3-5-6-9-7-8-4-2;1-3-8-6-5-7-9-4-2;1-2-3(4)5;2-1-3;;;/h3-6H2,1-2H3;3-4,6-7H,1-2,5H2;2H,1H2,(H,4,5);1-3H2;2*1H4;1H. The number of hydroxylamine groups is 2. The van der Waals surface area contributed by atoms with Crippen LogP contribution in [0.4, 0.5) is 0 Å². The fraction of sp³-hybridized carbons (Fsp3) is 0.556. The molecule has 0 radical (unpaired) electrons. The summed E-state index contributed by atoms with van der Waals surface area (Å²) in [6.07, 6.45) is 5.72. The number of aliphatic carboxylic acids is 1. The van der Waals surface area contributed by atoms with E-state index in [-0.39, 0.29) is 22.9 Å². The average molecular weight is 409 g/mol. The first kappa shape index (κ1) is 40.3. The molecule has 0 aromatic heterocycles. The minimum absolute atomic E-state index is 0. The van der Waals surface area contributed by atoms with Gasteiger partial charge in [-0.15, -0.1) is 11.0 Å². The van der Waals surface area contributed by atoms with Gasteiger partial charge in [-0.3, -0.25) is 0 Å². The van der Waals surface area contributed by atoms with Crippen molar-refractivity contribution >= 4 is 12.0 Å². The van der Waals surface area contributed by atoms with Crippen LogP contribution in [0.2, 0.25) is 0 Å². The molecule has 0 amide bonds. The van der Waals surface area contributed by atoms with E-state index in [0.29, 0.717) is 6.67 Å². The molecule has 0 aromatic rings. The Kier molecular flexibility index (Phi) is 71.5. The van der Waals surface area contributed by atoms with E-state index in [1.54, 1.807) is 0 Å². The largest absolute Gasteiger partial charge is 0.478 e. The van der Waals surface area contributed by atoms with E-state index in [2.05, 4.69) is 74.8 Å². The van der Waals surface area contributed by atoms with Gasteiger partial charge in [0.15, 0.2) is 0 Å². The topological polar surface area (TPSA) is 157 Å². The molecule has 0 fully saturated rings. The summed E-state index contributed by atoms with van der Waals surface area (Å²) in [6.45, 7) is 16.0. The van der Waals surface area contributed by atoms with Crippen LogP contribution >= 0.6 is 0 Å². The van der Waals surface area contributed by atoms with E-state index in [0.717, 1.165) is 25.6 Å². The van der Waals surface area contributed by atoms with E-state index in [1.165, 1.54) is 18.9 Å². The number of nitrogens with two attached hydrogens (primary N) is 2. The van der Waals surface area contributed by atoms with Crippen molar-refractivity contribution in [2.45, 2.75) is 41.5 Å². The van der Waals surface area contributed by atoms with Crippen molar-refractivity contribution in [1.82, 2.24) is 11.0 Å². The van der Waals surface area contributed by atoms with Gasteiger partial charge in [-0.25, -0.2) is 14.8 Å². The van der Waals surface area contributed by atoms with Crippen molar-refractivity contribution in [3.05, 3.63) is 38.3 Å². The molecular weight excluding hydrogens is 364 g/mol. The number of aliphatic imine (C=N–C) groups is 2. The Morgan fingerprint density at radius 3 is 1.86 bits per heavy atom. The fourth-order valence-electron chi connectivity index (χ4n) is 0.639. The Morgan fingerprint density at radius 2 is 1.57 bits per heavy atom. The van der Waals surface area contributed by atoms with Crippen molar-refractivity contribution in [2.75, 3.05) is 26.4 Å². The van der Waals surface area contributed by atoms with Gasteiger partial charge < -0.3 is 26.2 Å². The normalized spacial score (nSPS) is 7.00. The molecule has 0 bridgehead atoms. The third kappa shape index (κ3) is 89.9. The first-order chi connectivity index (χ1) is 12.5. The maximum absolute atomic E-state index is 9.25. The lowest BCUT2D eigenvalue weighted by Crippen LogP contribution is -2.26. The quantitative estimate of drug-likeness (QED) is 0.0872. The molecule has 10 heteroatoms. The lowest BCUT2D eigenvalue weighted by atomic mass is 10.3. The number of carbonyl (C=O) groups is 1. The van der Waals surface area contributed by atoms with E-state index >= 15 is 0 Å². The highest BCUT2D eigenvalue weighted by Crippen LogP contribution is 1.84. The third-order valence-corrected chi connectivity index (χ3v) is 1.58. The Balaban J connectivity index is -0.0000000459. The Morgan fingerprint density at radius 1 is 1.14 bits per heavy atom. The van der Waals surface area contributed by atoms with Gasteiger partial charge in [0.25, 0.3) is 0 Å². The van der Waals surface area contributed by atoms with Crippen LogP contribution in [0.15, 0.2) is 48.3 Å². The minimum atomic E-state index is -0.981. The van der Waals surface area contributed by atoms with Gasteiger partial charge in [-0.2, -0.15) is 0 Å². The second kappa shape index (κ2) is 49.7. The van der Waals surface area contributed by atoms with E-state index in [4.69, 9.17) is 5.11 Å². The van der Waals surface area contributed by atoms with Crippen molar-refractivity contribution in [2.24, 2.45) is 21.5 Å². The van der Waals surface area contributed by atoms with Crippen LogP contribution in [-0.2, 0) is 14.5 Å². The van der Waals surface area contributed by atoms with Crippen LogP contribution in [0.25, 0.3) is 0 Å². The molecule has 10 nitrogen and oxygen atoms in total. The molecule has 0 saturated carbocycles. The van der Waals surface area contributed by atoms with Crippen molar-refractivity contribution < 1.29 is 21.0 Å². The highest BCUT2D eigenvalue weighted by Gasteiger charge is 1.77. The molecule has 0 aromatic carbocycles. The van der Waals surface area contributed by atoms with Gasteiger partial charge in [-0.1, -0.05) is 47.9 Å². The van der Waals surface area contributed by atoms with Crippen molar-refractivity contribution in [3.8, 4) is 0 Å². The second-order valence-corrected chi connectivity index (χ2v) is 3.62. The predicted molar refractivity (Wildman–Crippen MR) is 121 cm³/mol. The van der Waals surface area contributed by atoms with E-state index in [9.17, 15) is 4.79 Å². The van der Waals surface area contributed by atoms with Crippen molar-refractivity contribution in [1.29, 1.82) is 0 Å². The maximum atomic E-state index is 9.25. The number of carboxylic acids is 1. The number of hydrogen-bond acceptors (Lipinski definition) is 9. The summed E-state index contributed by atoms with van der Waals surface area (Å²) in [7, 11) is 0. The number of rotatable bonds is 11. The van der Waals surface area contributed by atoms with Crippen LogP contribution in [0, 0.1) is 0 Å². The first-order valence-corrected chi connectivity index (χ1v) is 7.84. The van der Waals surface area contributed by atoms with Gasteiger partial charge in [0.2, 0.25) is 0 Å². The van der Waals surface area contributed by atoms with Crippen LogP contribution in [0.3, 0.4) is 0 Å². The van der Waals surface area contributed by atoms with Crippen LogP contribution in [-0.4, -0.2) is 43.5 Å². The summed E-state index contributed by atoms with van der Waals surface area (Å²) in [4.78, 5) is 26.0. The average Bonchev–Trinajstić information content (AvgIpc) is 2.63. The molecule has 170 valence electrons. The summed E-state index contributed by atoms with van der Waals surface area (Å²) in [5.41, 5.74) is 14.2. The zero-order valence-electron chi connectivity index (χ0n) is 15.8. The molecule has 0 saturated heterocycles. The van der Waals surface area contributed by atoms with E-state index in [1.807, 2.05) is 6.92 Å². The zero-order chi connectivity index (χ0) is 20.9. The summed E-state index contributed by atoms with van der Waals surface area (Å²) in [5, 5.41) is 7.60. The molecular formula is C18H44N6O4. The highest BCUT2D eigenvalue weighted by atomic mass is 16.7. The number of hydrogen-bond donors (Lipinski definition) is 5. The van der Waals surface area contributed by atoms with Gasteiger partial charge in [0, 0.05) is 27.3 Å². The second-order valence-electron chi connectivity index (χ2n) is 3.62. The summed E-state index contributed by atoms with van der Waals surface area (Å²) < 4.78 is 0. The zero-order valence-corrected chi connectivity index (χ0v) is 15.8. The SMILES string of the molecule is C.C.C=CC(=O)O.C=CONCNOC=C.CCCCN=C=NCC.NCN.[HH]. The Hall–Kier alpha value is -2.49. The summed E-state index contributed by atoms with van der Waals surface area (Å²) >= 11 is 0. The monoisotopic (exact) mass is 408 g/mol. The smallest absolute Gasteiger partial charge is 0.327 e. The minimum Gasteiger partial charge on any atom is -0.478 e. The molecule has 0 aliphatic heterocycles. The molecule has 0 heterocycles. The Bertz CT molecular complexity index is 369. The van der Waals surface area contributed by atoms with Crippen LogP contribution < -0.4 is 22.4 Å². The van der Waals surface area contributed by atoms with Gasteiger partial charge >= 0.3 is 5.97 Å². The Labute approximate surface area is 172 Å². The van der Waals surface area contributed by atoms with Crippen LogP contribution in [0.5, 0.6) is 0 Å². The molecule has 0 aliphatic carbocycles. The maximum Gasteiger partial charge on any atom is 0.327 e. The molecule has 0 unspecified atom stereocenters. The number of nitrogens with zero attached hydrogens (tertiary/aromatic N) is 2. The molecule has 28 heavy (non-hydrogen) atoms. The third-order valence-electron chi connectivity index (χ3n) is 1.58. The molecule has 0 spiro atoms. The van der Waals surface area contributed by atoms with Crippen LogP contribution in [0.1, 0.15) is 43.0 Å². The molecule has 0 rings (SSSR count). The summed E-state index contributed by atoms with van der Waals surface area (Å²) in [5.74, 6) is -0.981. The number of unbranched alkanes of at least 4 members (excludes halogenated alkanes) is 1. The number of nitrogens with one attached hydrogen (secondary N) is 2. The fourth-order valence-corrected chi connectivity index (χ4v) is 0.639. The highest BCUT2D eigenvalue weighted by molar-refractivity contribution is 5.78. The van der Waals surface area contributed by atoms with Gasteiger partial charge in [-0.05, 0) is 13.3 Å². The molecule has 0 aliphatic rings. The molecule has 0 atom stereocenters. The van der Waals surface area contributed by atoms with Crippen molar-refractivity contribution in [3.63, 3.8) is 0 Å². The van der Waals surface area contributed by atoms with Gasteiger partial charge in [0.1, 0.15) is 19.2 Å². The lowest BCUT2D eigenvalue weighted by Gasteiger charge is -2.02. The number of carboxylic acid groups (broad SMARTS) is 1. The van der Waals surface area contributed by atoms with Gasteiger partial charge in [0.05, 0.1) is 6.01 Å². The van der Waals surface area contributed by atoms with E-state index < -0.39 is 5.97 Å². The summed E-state index contributed by atoms with van der Waals surface area (Å²) in [6, 6.07) is 2.62. The first-order valence-electron chi connectivity index (χ1n) is 7.84. The predicted octanol–water partition coefficient (Wildman–Crippen LogP) is 2.89.